The van der Waals surface area contributed by atoms with Gasteiger partial charge in [-0.1, -0.05) is 45.4 Å². The number of anilines is 1. The Balaban J connectivity index is 0.00000288. The zero-order valence-corrected chi connectivity index (χ0v) is 16.0. The van der Waals surface area contributed by atoms with Crippen molar-refractivity contribution in [2.75, 3.05) is 18.0 Å². The molecule has 5 nitrogen and oxygen atoms in total. The number of benzene rings is 1. The van der Waals surface area contributed by atoms with Gasteiger partial charge >= 0.3 is 0 Å². The largest absolute Gasteiger partial charge is 0.346 e. The fourth-order valence-corrected chi connectivity index (χ4v) is 3.29. The molecule has 0 saturated heterocycles. The minimum Gasteiger partial charge on any atom is -0.346 e. The number of carbonyl (C=O) groups excluding carboxylic acids is 2. The quantitative estimate of drug-likeness (QED) is 0.850. The molecule has 0 bridgehead atoms. The van der Waals surface area contributed by atoms with Crippen LogP contribution in [0.1, 0.15) is 33.3 Å². The van der Waals surface area contributed by atoms with Gasteiger partial charge in [0.25, 0.3) is 0 Å². The van der Waals surface area contributed by atoms with Crippen molar-refractivity contribution in [2.45, 2.75) is 39.2 Å². The number of rotatable bonds is 4. The summed E-state index contributed by atoms with van der Waals surface area (Å²) in [7, 11) is 0. The molecule has 0 saturated carbocycles. The smallest absolute Gasteiger partial charge is 0.246 e. The third-order valence-electron chi connectivity index (χ3n) is 4.25. The third kappa shape index (κ3) is 4.02. The van der Waals surface area contributed by atoms with Gasteiger partial charge in [0.05, 0.1) is 12.6 Å². The number of hydrogen-bond donors (Lipinski definition) is 2. The Hall–Kier alpha value is -1.30. The molecule has 24 heavy (non-hydrogen) atoms. The molecule has 3 N–H and O–H groups in total. The van der Waals surface area contributed by atoms with E-state index in [2.05, 4.69) is 19.2 Å². The van der Waals surface area contributed by atoms with E-state index in [0.717, 1.165) is 11.3 Å². The van der Waals surface area contributed by atoms with Crippen LogP contribution in [0.2, 0.25) is 5.02 Å². The first-order valence-corrected chi connectivity index (χ1v) is 8.15. The summed E-state index contributed by atoms with van der Waals surface area (Å²) < 4.78 is 0. The van der Waals surface area contributed by atoms with Gasteiger partial charge in [0.1, 0.15) is 0 Å². The zero-order valence-electron chi connectivity index (χ0n) is 14.4. The predicted molar refractivity (Wildman–Crippen MR) is 99.9 cm³/mol. The Labute approximate surface area is 154 Å². The van der Waals surface area contributed by atoms with Crippen LogP contribution in [-0.2, 0) is 15.0 Å². The number of hydrogen-bond acceptors (Lipinski definition) is 3. The van der Waals surface area contributed by atoms with Gasteiger partial charge in [-0.15, -0.1) is 12.4 Å². The van der Waals surface area contributed by atoms with Crippen LogP contribution < -0.4 is 16.0 Å². The van der Waals surface area contributed by atoms with Gasteiger partial charge in [0, 0.05) is 28.2 Å². The topological polar surface area (TPSA) is 75.4 Å². The van der Waals surface area contributed by atoms with Gasteiger partial charge in [0.2, 0.25) is 11.8 Å². The van der Waals surface area contributed by atoms with E-state index >= 15 is 0 Å². The van der Waals surface area contributed by atoms with E-state index in [-0.39, 0.29) is 42.1 Å². The van der Waals surface area contributed by atoms with E-state index in [1.54, 1.807) is 4.90 Å². The molecule has 1 atom stereocenters. The van der Waals surface area contributed by atoms with Gasteiger partial charge in [-0.3, -0.25) is 9.59 Å². The number of amides is 2. The summed E-state index contributed by atoms with van der Waals surface area (Å²) in [5, 5.41) is 3.29. The average Bonchev–Trinajstić information content (AvgIpc) is 2.76. The van der Waals surface area contributed by atoms with Crippen molar-refractivity contribution >= 4 is 41.5 Å². The molecule has 0 unspecified atom stereocenters. The number of halogens is 2. The molecule has 0 aromatic heterocycles. The highest BCUT2D eigenvalue weighted by Crippen LogP contribution is 2.44. The molecule has 1 aliphatic rings. The lowest BCUT2D eigenvalue weighted by atomic mass is 9.87. The molecule has 0 spiro atoms. The van der Waals surface area contributed by atoms with Crippen molar-refractivity contribution in [2.24, 2.45) is 11.7 Å². The molecule has 0 radical (unpaired) electrons. The standard InChI is InChI=1S/C17H24ClN3O2.ClH/c1-10(2)15(19)16(23)20-8-13(22)21-9-17(3,4)14-11(18)6-5-7-12(14)21;/h5-7,10,15H,8-9,19H2,1-4H3,(H,20,23);1H/t15-;/m0./s1. The first-order chi connectivity index (χ1) is 10.6. The van der Waals surface area contributed by atoms with Crippen LogP contribution in [0, 0.1) is 5.92 Å². The lowest BCUT2D eigenvalue weighted by Gasteiger charge is -2.22. The van der Waals surface area contributed by atoms with Crippen molar-refractivity contribution < 1.29 is 9.59 Å². The monoisotopic (exact) mass is 373 g/mol. The summed E-state index contributed by atoms with van der Waals surface area (Å²) in [5.74, 6) is -0.447. The van der Waals surface area contributed by atoms with E-state index < -0.39 is 6.04 Å². The zero-order chi connectivity index (χ0) is 17.4. The summed E-state index contributed by atoms with van der Waals surface area (Å²) >= 11 is 6.30. The Morgan fingerprint density at radius 3 is 2.58 bits per heavy atom. The molecule has 1 aliphatic heterocycles. The molecule has 0 fully saturated rings. The Kier molecular flexibility index (Phi) is 6.67. The van der Waals surface area contributed by atoms with Gasteiger partial charge in [-0.05, 0) is 18.1 Å². The SMILES string of the molecule is CC(C)[C@H](N)C(=O)NCC(=O)N1CC(C)(C)c2c(Cl)cccc21.Cl. The molecule has 7 heteroatoms. The van der Waals surface area contributed by atoms with E-state index in [1.165, 1.54) is 0 Å². The van der Waals surface area contributed by atoms with Crippen molar-refractivity contribution in [1.29, 1.82) is 0 Å². The van der Waals surface area contributed by atoms with E-state index in [4.69, 9.17) is 17.3 Å². The highest BCUT2D eigenvalue weighted by molar-refractivity contribution is 6.32. The number of nitrogens with two attached hydrogens (primary N) is 1. The predicted octanol–water partition coefficient (Wildman–Crippen LogP) is 2.49. The fraction of sp³-hybridized carbons (Fsp3) is 0.529. The summed E-state index contributed by atoms with van der Waals surface area (Å²) in [4.78, 5) is 26.1. The summed E-state index contributed by atoms with van der Waals surface area (Å²) in [5.41, 5.74) is 7.35. The fourth-order valence-electron chi connectivity index (χ4n) is 2.87. The summed E-state index contributed by atoms with van der Waals surface area (Å²) in [6.07, 6.45) is 0. The Morgan fingerprint density at radius 1 is 1.38 bits per heavy atom. The van der Waals surface area contributed by atoms with Crippen molar-refractivity contribution in [1.82, 2.24) is 5.32 Å². The van der Waals surface area contributed by atoms with Crippen molar-refractivity contribution in [3.63, 3.8) is 0 Å². The molecule has 1 aromatic carbocycles. The van der Waals surface area contributed by atoms with Crippen LogP contribution in [0.5, 0.6) is 0 Å². The number of nitrogens with zero attached hydrogens (tertiary/aromatic N) is 1. The number of fused-ring (bicyclic) bond motifs is 1. The number of carbonyl (C=O) groups is 2. The second-order valence-corrected chi connectivity index (χ2v) is 7.39. The Morgan fingerprint density at radius 2 is 2.00 bits per heavy atom. The second kappa shape index (κ2) is 7.72. The van der Waals surface area contributed by atoms with Crippen LogP contribution in [0.4, 0.5) is 5.69 Å². The summed E-state index contributed by atoms with van der Waals surface area (Å²) in [6.45, 7) is 8.31. The van der Waals surface area contributed by atoms with Crippen molar-refractivity contribution in [3.05, 3.63) is 28.8 Å². The van der Waals surface area contributed by atoms with Crippen LogP contribution in [-0.4, -0.2) is 30.9 Å². The highest BCUT2D eigenvalue weighted by atomic mass is 35.5. The van der Waals surface area contributed by atoms with E-state index in [1.807, 2.05) is 32.0 Å². The molecule has 134 valence electrons. The van der Waals surface area contributed by atoms with Crippen LogP contribution in [0.25, 0.3) is 0 Å². The van der Waals surface area contributed by atoms with Crippen molar-refractivity contribution in [3.8, 4) is 0 Å². The minimum atomic E-state index is -0.612. The molecular weight excluding hydrogens is 349 g/mol. The van der Waals surface area contributed by atoms with E-state index in [0.29, 0.717) is 11.6 Å². The Bertz CT molecular complexity index is 632. The average molecular weight is 374 g/mol. The van der Waals surface area contributed by atoms with Gasteiger partial charge < -0.3 is 16.0 Å². The normalized spacial score (nSPS) is 16.4. The minimum absolute atomic E-state index is 0. The lowest BCUT2D eigenvalue weighted by Crippen LogP contribution is -2.48. The molecule has 1 aromatic rings. The van der Waals surface area contributed by atoms with Crippen LogP contribution in [0.3, 0.4) is 0 Å². The number of nitrogens with one attached hydrogen (secondary N) is 1. The van der Waals surface area contributed by atoms with Crippen LogP contribution in [0.15, 0.2) is 18.2 Å². The molecule has 2 rings (SSSR count). The molecule has 1 heterocycles. The maximum atomic E-state index is 12.5. The van der Waals surface area contributed by atoms with Crippen LogP contribution >= 0.6 is 24.0 Å². The first-order valence-electron chi connectivity index (χ1n) is 7.78. The third-order valence-corrected chi connectivity index (χ3v) is 4.56. The molecule has 0 aliphatic carbocycles. The van der Waals surface area contributed by atoms with Gasteiger partial charge in [0.15, 0.2) is 0 Å². The van der Waals surface area contributed by atoms with Gasteiger partial charge in [-0.2, -0.15) is 0 Å². The maximum absolute atomic E-state index is 12.5. The summed E-state index contributed by atoms with van der Waals surface area (Å²) in [6, 6.07) is 4.94. The highest BCUT2D eigenvalue weighted by Gasteiger charge is 2.39. The molecular formula is C17H25Cl2N3O2. The molecule has 2 amide bonds. The van der Waals surface area contributed by atoms with E-state index in [9.17, 15) is 9.59 Å². The second-order valence-electron chi connectivity index (χ2n) is 6.99. The first kappa shape index (κ1) is 20.7. The maximum Gasteiger partial charge on any atom is 0.246 e. The lowest BCUT2D eigenvalue weighted by molar-refractivity contribution is -0.126. The van der Waals surface area contributed by atoms with Gasteiger partial charge in [-0.25, -0.2) is 0 Å².